The molecule has 110 valence electrons. The van der Waals surface area contributed by atoms with Gasteiger partial charge < -0.3 is 15.1 Å². The molecule has 2 aliphatic heterocycles. The van der Waals surface area contributed by atoms with E-state index < -0.39 is 0 Å². The van der Waals surface area contributed by atoms with Gasteiger partial charge in [-0.3, -0.25) is 0 Å². The topological polar surface area (TPSA) is 44.3 Å². The second-order valence-corrected chi connectivity index (χ2v) is 6.11. The molecule has 0 amide bonds. The van der Waals surface area contributed by atoms with Gasteiger partial charge in [0.2, 0.25) is 0 Å². The summed E-state index contributed by atoms with van der Waals surface area (Å²) >= 11 is 0. The maximum Gasteiger partial charge on any atom is 0.137 e. The Labute approximate surface area is 121 Å². The van der Waals surface area contributed by atoms with Crippen molar-refractivity contribution in [3.05, 3.63) is 11.9 Å². The van der Waals surface area contributed by atoms with Gasteiger partial charge in [-0.2, -0.15) is 0 Å². The van der Waals surface area contributed by atoms with Crippen molar-refractivity contribution in [3.63, 3.8) is 0 Å². The lowest BCUT2D eigenvalue weighted by Gasteiger charge is -2.46. The number of rotatable bonds is 2. The lowest BCUT2D eigenvalue weighted by Crippen LogP contribution is -2.53. The minimum absolute atomic E-state index is 0.769. The normalized spacial score (nSPS) is 27.2. The van der Waals surface area contributed by atoms with Gasteiger partial charge in [0.25, 0.3) is 0 Å². The number of nitrogens with one attached hydrogen (secondary N) is 1. The molecule has 1 aromatic heterocycles. The molecule has 0 radical (unpaired) electrons. The van der Waals surface area contributed by atoms with Gasteiger partial charge in [-0.05, 0) is 45.7 Å². The Kier molecular flexibility index (Phi) is 3.78. The second kappa shape index (κ2) is 5.56. The van der Waals surface area contributed by atoms with E-state index in [1.165, 1.54) is 25.8 Å². The zero-order chi connectivity index (χ0) is 14.1. The summed E-state index contributed by atoms with van der Waals surface area (Å²) in [6.07, 6.45) is 5.61. The average Bonchev–Trinajstić information content (AvgIpc) is 2.47. The molecule has 2 fully saturated rings. The first-order valence-corrected chi connectivity index (χ1v) is 7.65. The molecule has 2 atom stereocenters. The molecule has 0 aliphatic carbocycles. The van der Waals surface area contributed by atoms with Crippen molar-refractivity contribution in [1.29, 1.82) is 0 Å². The number of anilines is 2. The van der Waals surface area contributed by atoms with E-state index in [1.54, 1.807) is 6.33 Å². The van der Waals surface area contributed by atoms with Crippen LogP contribution >= 0.6 is 0 Å². The van der Waals surface area contributed by atoms with Crippen LogP contribution in [0.2, 0.25) is 0 Å². The number of fused-ring (bicyclic) bond motifs is 1. The van der Waals surface area contributed by atoms with Gasteiger partial charge >= 0.3 is 0 Å². The van der Waals surface area contributed by atoms with Crippen LogP contribution in [0.15, 0.2) is 6.33 Å². The van der Waals surface area contributed by atoms with Crippen molar-refractivity contribution in [3.8, 4) is 0 Å². The molecule has 0 bridgehead atoms. The molecule has 2 saturated heterocycles. The first-order valence-electron chi connectivity index (χ1n) is 7.65. The van der Waals surface area contributed by atoms with E-state index in [9.17, 15) is 0 Å². The van der Waals surface area contributed by atoms with Crippen molar-refractivity contribution in [1.82, 2.24) is 14.9 Å². The SMILES string of the molecule is CNc1ncnc(N2CCC3C(CCCN3C)C2)c1C. The van der Waals surface area contributed by atoms with Gasteiger partial charge in [-0.1, -0.05) is 0 Å². The van der Waals surface area contributed by atoms with Gasteiger partial charge in [0.05, 0.1) is 0 Å². The van der Waals surface area contributed by atoms with Crippen LogP contribution in [0.3, 0.4) is 0 Å². The summed E-state index contributed by atoms with van der Waals surface area (Å²) in [5.41, 5.74) is 1.16. The van der Waals surface area contributed by atoms with Gasteiger partial charge in [0.1, 0.15) is 18.0 Å². The minimum Gasteiger partial charge on any atom is -0.373 e. The first-order chi connectivity index (χ1) is 9.70. The van der Waals surface area contributed by atoms with E-state index >= 15 is 0 Å². The molecule has 0 aromatic carbocycles. The van der Waals surface area contributed by atoms with E-state index in [-0.39, 0.29) is 0 Å². The fourth-order valence-corrected chi connectivity index (χ4v) is 3.86. The highest BCUT2D eigenvalue weighted by atomic mass is 15.2. The van der Waals surface area contributed by atoms with E-state index in [4.69, 9.17) is 0 Å². The summed E-state index contributed by atoms with van der Waals surface area (Å²) in [6.45, 7) is 5.61. The Balaban J connectivity index is 1.79. The largest absolute Gasteiger partial charge is 0.373 e. The molecular formula is C15H25N5. The smallest absolute Gasteiger partial charge is 0.137 e. The Morgan fingerprint density at radius 3 is 2.90 bits per heavy atom. The van der Waals surface area contributed by atoms with Crippen molar-refractivity contribution in [2.24, 2.45) is 5.92 Å². The third kappa shape index (κ3) is 2.35. The summed E-state index contributed by atoms with van der Waals surface area (Å²) in [6, 6.07) is 0.769. The van der Waals surface area contributed by atoms with Crippen LogP contribution in [-0.4, -0.2) is 54.6 Å². The highest BCUT2D eigenvalue weighted by Gasteiger charge is 2.35. The van der Waals surface area contributed by atoms with Crippen LogP contribution in [0.1, 0.15) is 24.8 Å². The minimum atomic E-state index is 0.769. The number of hydrogen-bond acceptors (Lipinski definition) is 5. The van der Waals surface area contributed by atoms with Crippen LogP contribution in [0.25, 0.3) is 0 Å². The van der Waals surface area contributed by atoms with Gasteiger partial charge in [0, 0.05) is 31.7 Å². The predicted octanol–water partition coefficient (Wildman–Crippen LogP) is 1.75. The zero-order valence-corrected chi connectivity index (χ0v) is 12.8. The molecule has 20 heavy (non-hydrogen) atoms. The Morgan fingerprint density at radius 2 is 2.10 bits per heavy atom. The molecular weight excluding hydrogens is 250 g/mol. The molecule has 3 rings (SSSR count). The summed E-state index contributed by atoms with van der Waals surface area (Å²) < 4.78 is 0. The molecule has 5 nitrogen and oxygen atoms in total. The lowest BCUT2D eigenvalue weighted by atomic mass is 9.84. The molecule has 5 heteroatoms. The summed E-state index contributed by atoms with van der Waals surface area (Å²) in [4.78, 5) is 13.8. The van der Waals surface area contributed by atoms with Crippen LogP contribution in [-0.2, 0) is 0 Å². The van der Waals surface area contributed by atoms with Gasteiger partial charge in [0.15, 0.2) is 0 Å². The standard InChI is InChI=1S/C15H25N5/c1-11-14(16-2)17-10-18-15(11)20-8-6-13-12(9-20)5-4-7-19(13)3/h10,12-13H,4-9H2,1-3H3,(H,16,17,18). The first kappa shape index (κ1) is 13.6. The van der Waals surface area contributed by atoms with E-state index in [2.05, 4.69) is 39.1 Å². The molecule has 0 saturated carbocycles. The van der Waals surface area contributed by atoms with E-state index in [0.29, 0.717) is 0 Å². The maximum absolute atomic E-state index is 4.53. The summed E-state index contributed by atoms with van der Waals surface area (Å²) in [5.74, 6) is 2.84. The van der Waals surface area contributed by atoms with Gasteiger partial charge in [-0.25, -0.2) is 9.97 Å². The lowest BCUT2D eigenvalue weighted by molar-refractivity contribution is 0.102. The predicted molar refractivity (Wildman–Crippen MR) is 82.3 cm³/mol. The molecule has 2 unspecified atom stereocenters. The van der Waals surface area contributed by atoms with Crippen molar-refractivity contribution in [2.75, 3.05) is 43.9 Å². The Morgan fingerprint density at radius 1 is 1.25 bits per heavy atom. The quantitative estimate of drug-likeness (QED) is 0.891. The molecule has 3 heterocycles. The molecule has 2 aliphatic rings. The Hall–Kier alpha value is -1.36. The van der Waals surface area contributed by atoms with E-state index in [0.717, 1.165) is 42.2 Å². The zero-order valence-electron chi connectivity index (χ0n) is 12.8. The highest BCUT2D eigenvalue weighted by Crippen LogP contribution is 2.33. The average molecular weight is 275 g/mol. The molecule has 0 spiro atoms. The van der Waals surface area contributed by atoms with Crippen LogP contribution in [0.4, 0.5) is 11.6 Å². The van der Waals surface area contributed by atoms with E-state index in [1.807, 2.05) is 7.05 Å². The van der Waals surface area contributed by atoms with Crippen molar-refractivity contribution >= 4 is 11.6 Å². The van der Waals surface area contributed by atoms with Crippen molar-refractivity contribution in [2.45, 2.75) is 32.2 Å². The second-order valence-electron chi connectivity index (χ2n) is 6.11. The number of nitrogens with zero attached hydrogens (tertiary/aromatic N) is 4. The van der Waals surface area contributed by atoms with Crippen LogP contribution < -0.4 is 10.2 Å². The Bertz CT molecular complexity index is 475. The van der Waals surface area contributed by atoms with Crippen molar-refractivity contribution < 1.29 is 0 Å². The fraction of sp³-hybridized carbons (Fsp3) is 0.733. The molecule has 1 N–H and O–H groups in total. The summed E-state index contributed by atoms with van der Waals surface area (Å²) in [5, 5.41) is 3.15. The maximum atomic E-state index is 4.53. The highest BCUT2D eigenvalue weighted by molar-refractivity contribution is 5.57. The monoisotopic (exact) mass is 275 g/mol. The summed E-state index contributed by atoms with van der Waals surface area (Å²) in [7, 11) is 4.20. The van der Waals surface area contributed by atoms with Crippen LogP contribution in [0, 0.1) is 12.8 Å². The molecule has 1 aromatic rings. The number of likely N-dealkylation sites (tertiary alicyclic amines) is 1. The number of piperidine rings is 2. The number of hydrogen-bond donors (Lipinski definition) is 1. The van der Waals surface area contributed by atoms with Crippen LogP contribution in [0.5, 0.6) is 0 Å². The van der Waals surface area contributed by atoms with Gasteiger partial charge in [-0.15, -0.1) is 0 Å². The third-order valence-electron chi connectivity index (χ3n) is 4.94. The fourth-order valence-electron chi connectivity index (χ4n) is 3.86. The number of aromatic nitrogens is 2. The third-order valence-corrected chi connectivity index (χ3v) is 4.94.